The van der Waals surface area contributed by atoms with Gasteiger partial charge in [-0.05, 0) is 38.0 Å². The number of ether oxygens (including phenoxy) is 1. The highest BCUT2D eigenvalue weighted by Crippen LogP contribution is 2.28. The summed E-state index contributed by atoms with van der Waals surface area (Å²) in [5.74, 6) is -1.05. The van der Waals surface area contributed by atoms with Crippen LogP contribution >= 0.6 is 0 Å². The van der Waals surface area contributed by atoms with Gasteiger partial charge in [0.2, 0.25) is 0 Å². The van der Waals surface area contributed by atoms with E-state index in [4.69, 9.17) is 10.5 Å². The molecule has 0 aliphatic carbocycles. The summed E-state index contributed by atoms with van der Waals surface area (Å²) in [6.07, 6.45) is 4.89. The molecule has 1 aromatic carbocycles. The van der Waals surface area contributed by atoms with Gasteiger partial charge in [0.25, 0.3) is 5.91 Å². The highest BCUT2D eigenvalue weighted by Gasteiger charge is 2.21. The van der Waals surface area contributed by atoms with Gasteiger partial charge in [0.1, 0.15) is 0 Å². The zero-order chi connectivity index (χ0) is 17.4. The minimum atomic E-state index is -0.727. The molecule has 0 saturated heterocycles. The molecule has 126 valence electrons. The molecule has 0 aliphatic rings. The minimum absolute atomic E-state index is 0.0224. The van der Waals surface area contributed by atoms with E-state index in [0.717, 1.165) is 25.7 Å². The smallest absolute Gasteiger partial charge is 0.252 e. The molecule has 0 saturated carbocycles. The van der Waals surface area contributed by atoms with E-state index in [9.17, 15) is 14.7 Å². The van der Waals surface area contributed by atoms with E-state index in [1.807, 2.05) is 0 Å². The molecule has 0 bridgehead atoms. The van der Waals surface area contributed by atoms with Crippen LogP contribution in [0.25, 0.3) is 0 Å². The third-order valence-corrected chi connectivity index (χ3v) is 3.75. The number of carbonyl (C=O) groups excluding carboxylic acids is 2. The average molecular weight is 319 g/mol. The van der Waals surface area contributed by atoms with E-state index in [-0.39, 0.29) is 22.6 Å². The summed E-state index contributed by atoms with van der Waals surface area (Å²) in [5, 5.41) is 9.60. The number of primary amides is 1. The van der Waals surface area contributed by atoms with Gasteiger partial charge in [-0.15, -0.1) is 0 Å². The zero-order valence-corrected chi connectivity index (χ0v) is 14.0. The number of methoxy groups -OCH3 is 1. The van der Waals surface area contributed by atoms with Gasteiger partial charge < -0.3 is 15.6 Å². The number of allylic oxidation sites excluding steroid dienone is 1. The molecule has 5 heteroatoms. The fourth-order valence-electron chi connectivity index (χ4n) is 2.42. The number of amides is 1. The molecule has 0 aliphatic heterocycles. The maximum atomic E-state index is 12.6. The number of nitrogens with two attached hydrogens (primary N) is 1. The van der Waals surface area contributed by atoms with E-state index < -0.39 is 11.7 Å². The summed E-state index contributed by atoms with van der Waals surface area (Å²) in [6, 6.07) is 4.22. The van der Waals surface area contributed by atoms with Crippen molar-refractivity contribution in [2.24, 2.45) is 5.73 Å². The minimum Gasteiger partial charge on any atom is -0.504 e. The third kappa shape index (κ3) is 5.13. The maximum Gasteiger partial charge on any atom is 0.252 e. The van der Waals surface area contributed by atoms with Gasteiger partial charge >= 0.3 is 0 Å². The van der Waals surface area contributed by atoms with Crippen LogP contribution in [0.15, 0.2) is 29.3 Å². The number of rotatable bonds is 9. The first kappa shape index (κ1) is 18.7. The van der Waals surface area contributed by atoms with Gasteiger partial charge in [0.15, 0.2) is 17.3 Å². The molecule has 1 rings (SSSR count). The molecule has 0 aromatic heterocycles. The molecule has 0 fully saturated rings. The highest BCUT2D eigenvalue weighted by atomic mass is 16.5. The van der Waals surface area contributed by atoms with Crippen molar-refractivity contribution in [1.82, 2.24) is 0 Å². The number of phenolic OH excluding ortho intramolecular Hbond substituents is 1. The largest absolute Gasteiger partial charge is 0.504 e. The standard InChI is InChI=1S/C18H25NO4/c1-4-5-6-7-8-12(2)16(18(19)22)17(21)13-9-10-14(20)15(11-13)23-3/h9-11,20H,4-8H2,1-3H3,(H2,19,22)/b16-12-. The van der Waals surface area contributed by atoms with Crippen molar-refractivity contribution in [2.45, 2.75) is 46.0 Å². The molecule has 0 radical (unpaired) electrons. The normalized spacial score (nSPS) is 11.8. The number of hydrogen-bond acceptors (Lipinski definition) is 4. The van der Waals surface area contributed by atoms with Gasteiger partial charge in [-0.25, -0.2) is 0 Å². The van der Waals surface area contributed by atoms with E-state index in [2.05, 4.69) is 6.92 Å². The third-order valence-electron chi connectivity index (χ3n) is 3.75. The van der Waals surface area contributed by atoms with Crippen molar-refractivity contribution in [2.75, 3.05) is 7.11 Å². The van der Waals surface area contributed by atoms with E-state index in [1.165, 1.54) is 25.3 Å². The summed E-state index contributed by atoms with van der Waals surface area (Å²) >= 11 is 0. The Bertz CT molecular complexity index is 605. The molecular weight excluding hydrogens is 294 g/mol. The Morgan fingerprint density at radius 1 is 1.22 bits per heavy atom. The SMILES string of the molecule is CCCCCC/C(C)=C(\C(N)=O)C(=O)c1ccc(O)c(OC)c1. The second-order valence-corrected chi connectivity index (χ2v) is 5.55. The Hall–Kier alpha value is -2.30. The molecule has 1 amide bonds. The fourth-order valence-corrected chi connectivity index (χ4v) is 2.42. The molecule has 23 heavy (non-hydrogen) atoms. The lowest BCUT2D eigenvalue weighted by atomic mass is 9.95. The molecule has 5 nitrogen and oxygen atoms in total. The molecule has 0 heterocycles. The van der Waals surface area contributed by atoms with Crippen molar-refractivity contribution in [3.05, 3.63) is 34.9 Å². The first-order chi connectivity index (χ1) is 10.9. The van der Waals surface area contributed by atoms with Crippen molar-refractivity contribution < 1.29 is 19.4 Å². The monoisotopic (exact) mass is 319 g/mol. The number of carbonyl (C=O) groups is 2. The summed E-state index contributed by atoms with van der Waals surface area (Å²) in [5.41, 5.74) is 6.40. The maximum absolute atomic E-state index is 12.6. The molecule has 0 unspecified atom stereocenters. The highest BCUT2D eigenvalue weighted by molar-refractivity contribution is 6.25. The predicted octanol–water partition coefficient (Wildman–Crippen LogP) is 3.36. The van der Waals surface area contributed by atoms with E-state index in [0.29, 0.717) is 12.0 Å². The van der Waals surface area contributed by atoms with Crippen molar-refractivity contribution in [1.29, 1.82) is 0 Å². The van der Waals surface area contributed by atoms with Crippen LogP contribution in [-0.2, 0) is 4.79 Å². The second-order valence-electron chi connectivity index (χ2n) is 5.55. The lowest BCUT2D eigenvalue weighted by molar-refractivity contribution is -0.114. The number of ketones is 1. The van der Waals surface area contributed by atoms with Crippen LogP contribution in [0, 0.1) is 0 Å². The number of aromatic hydroxyl groups is 1. The summed E-state index contributed by atoms with van der Waals surface area (Å²) in [7, 11) is 1.40. The Kier molecular flexibility index (Phi) is 7.32. The van der Waals surface area contributed by atoms with Crippen LogP contribution in [0.5, 0.6) is 11.5 Å². The van der Waals surface area contributed by atoms with Crippen LogP contribution in [0.4, 0.5) is 0 Å². The first-order valence-electron chi connectivity index (χ1n) is 7.83. The Morgan fingerprint density at radius 3 is 2.48 bits per heavy atom. The van der Waals surface area contributed by atoms with Crippen LogP contribution < -0.4 is 10.5 Å². The number of hydrogen-bond donors (Lipinski definition) is 2. The van der Waals surface area contributed by atoms with Crippen molar-refractivity contribution in [3.63, 3.8) is 0 Å². The first-order valence-corrected chi connectivity index (χ1v) is 7.83. The Balaban J connectivity index is 3.05. The quantitative estimate of drug-likeness (QED) is 0.240. The second kappa shape index (κ2) is 8.98. The van der Waals surface area contributed by atoms with Crippen LogP contribution in [0.3, 0.4) is 0 Å². The fraction of sp³-hybridized carbons (Fsp3) is 0.444. The average Bonchev–Trinajstić information content (AvgIpc) is 2.51. The van der Waals surface area contributed by atoms with Gasteiger partial charge in [-0.1, -0.05) is 31.8 Å². The summed E-state index contributed by atoms with van der Waals surface area (Å²) in [6.45, 7) is 3.89. The van der Waals surface area contributed by atoms with E-state index >= 15 is 0 Å². The number of benzene rings is 1. The molecule has 0 spiro atoms. The lowest BCUT2D eigenvalue weighted by Gasteiger charge is -2.10. The van der Waals surface area contributed by atoms with Crippen LogP contribution in [-0.4, -0.2) is 23.9 Å². The zero-order valence-electron chi connectivity index (χ0n) is 14.0. The van der Waals surface area contributed by atoms with Gasteiger partial charge in [-0.2, -0.15) is 0 Å². The number of phenols is 1. The predicted molar refractivity (Wildman–Crippen MR) is 89.6 cm³/mol. The molecular formula is C18H25NO4. The Morgan fingerprint density at radius 2 is 1.91 bits per heavy atom. The molecule has 1 aromatic rings. The lowest BCUT2D eigenvalue weighted by Crippen LogP contribution is -2.22. The van der Waals surface area contributed by atoms with Crippen LogP contribution in [0.2, 0.25) is 0 Å². The van der Waals surface area contributed by atoms with Crippen LogP contribution in [0.1, 0.15) is 56.3 Å². The van der Waals surface area contributed by atoms with E-state index in [1.54, 1.807) is 6.92 Å². The molecule has 0 atom stereocenters. The van der Waals surface area contributed by atoms with Crippen molar-refractivity contribution >= 4 is 11.7 Å². The number of Topliss-reactive ketones (excluding diaryl/α,β-unsaturated/α-hetero) is 1. The van der Waals surface area contributed by atoms with Gasteiger partial charge in [0, 0.05) is 5.56 Å². The summed E-state index contributed by atoms with van der Waals surface area (Å²) in [4.78, 5) is 24.3. The topological polar surface area (TPSA) is 89.6 Å². The van der Waals surface area contributed by atoms with Gasteiger partial charge in [0.05, 0.1) is 12.7 Å². The van der Waals surface area contributed by atoms with Crippen molar-refractivity contribution in [3.8, 4) is 11.5 Å². The molecule has 3 N–H and O–H groups in total. The Labute approximate surface area is 137 Å². The summed E-state index contributed by atoms with van der Waals surface area (Å²) < 4.78 is 4.99. The van der Waals surface area contributed by atoms with Gasteiger partial charge in [-0.3, -0.25) is 9.59 Å². The number of unbranched alkanes of at least 4 members (excludes halogenated alkanes) is 3.